The first kappa shape index (κ1) is 16.1. The molecule has 0 unspecified atom stereocenters. The summed E-state index contributed by atoms with van der Waals surface area (Å²) in [5.74, 6) is -0.318. The highest BCUT2D eigenvalue weighted by molar-refractivity contribution is 6.31. The molecular formula is C17H15ClN2O4. The Hall–Kier alpha value is -2.73. The Morgan fingerprint density at radius 2 is 2.12 bits per heavy atom. The number of halogens is 1. The van der Waals surface area contributed by atoms with Gasteiger partial charge in [-0.25, -0.2) is 0 Å². The van der Waals surface area contributed by atoms with Crippen LogP contribution in [0.15, 0.2) is 36.4 Å². The number of benzene rings is 2. The number of phenolic OH excluding ortho intramolecular Hbond substituents is 1. The van der Waals surface area contributed by atoms with Crippen LogP contribution in [0.25, 0.3) is 0 Å². The van der Waals surface area contributed by atoms with Crippen LogP contribution in [0.2, 0.25) is 5.02 Å². The van der Waals surface area contributed by atoms with E-state index in [9.17, 15) is 14.7 Å². The van der Waals surface area contributed by atoms with Crippen LogP contribution in [0, 0.1) is 6.92 Å². The van der Waals surface area contributed by atoms with Crippen molar-refractivity contribution in [3.8, 4) is 11.5 Å². The van der Waals surface area contributed by atoms with E-state index in [0.717, 1.165) is 5.56 Å². The molecule has 0 bridgehead atoms. The van der Waals surface area contributed by atoms with Gasteiger partial charge in [0.2, 0.25) is 5.91 Å². The summed E-state index contributed by atoms with van der Waals surface area (Å²) in [6.07, 6.45) is 0. The van der Waals surface area contributed by atoms with Crippen molar-refractivity contribution in [3.63, 3.8) is 0 Å². The van der Waals surface area contributed by atoms with Gasteiger partial charge < -0.3 is 15.2 Å². The molecule has 1 heterocycles. The van der Waals surface area contributed by atoms with Gasteiger partial charge in [-0.1, -0.05) is 17.7 Å². The van der Waals surface area contributed by atoms with Crippen LogP contribution in [0.4, 0.5) is 11.4 Å². The highest BCUT2D eigenvalue weighted by Gasteiger charge is 2.27. The number of carbonyl (C=O) groups excluding carboxylic acids is 2. The maximum Gasteiger partial charge on any atom is 0.265 e. The number of aryl methyl sites for hydroxylation is 1. The summed E-state index contributed by atoms with van der Waals surface area (Å²) in [5, 5.41) is 12.8. The zero-order valence-electron chi connectivity index (χ0n) is 12.9. The number of rotatable bonds is 3. The van der Waals surface area contributed by atoms with Gasteiger partial charge in [0.1, 0.15) is 18.0 Å². The molecule has 0 atom stereocenters. The molecular weight excluding hydrogens is 332 g/mol. The van der Waals surface area contributed by atoms with Gasteiger partial charge in [-0.3, -0.25) is 14.5 Å². The van der Waals surface area contributed by atoms with Crippen molar-refractivity contribution in [1.29, 1.82) is 0 Å². The van der Waals surface area contributed by atoms with E-state index in [4.69, 9.17) is 16.3 Å². The summed E-state index contributed by atoms with van der Waals surface area (Å²) < 4.78 is 5.33. The molecule has 0 spiro atoms. The minimum atomic E-state index is -0.433. The standard InChI is InChI=1S/C17H15ClN2O4/c1-10-2-4-14(21)12(6-10)19-16(22)8-20-13-7-11(18)3-5-15(13)24-9-17(20)23/h2-7,21H,8-9H2,1H3,(H,19,22). The minimum Gasteiger partial charge on any atom is -0.506 e. The Balaban J connectivity index is 1.80. The molecule has 2 amide bonds. The van der Waals surface area contributed by atoms with Crippen molar-refractivity contribution in [2.24, 2.45) is 0 Å². The third kappa shape index (κ3) is 3.28. The summed E-state index contributed by atoms with van der Waals surface area (Å²) in [5.41, 5.74) is 1.64. The molecule has 124 valence electrons. The van der Waals surface area contributed by atoms with Crippen molar-refractivity contribution >= 4 is 34.8 Å². The molecule has 0 fully saturated rings. The minimum absolute atomic E-state index is 0.0364. The van der Waals surface area contributed by atoms with Crippen molar-refractivity contribution < 1.29 is 19.4 Å². The number of nitrogens with zero attached hydrogens (tertiary/aromatic N) is 1. The number of hydrogen-bond acceptors (Lipinski definition) is 4. The van der Waals surface area contributed by atoms with Gasteiger partial charge in [0.15, 0.2) is 6.61 Å². The first-order chi connectivity index (χ1) is 11.4. The Morgan fingerprint density at radius 1 is 1.33 bits per heavy atom. The predicted molar refractivity (Wildman–Crippen MR) is 90.8 cm³/mol. The number of aromatic hydroxyl groups is 1. The fourth-order valence-electron chi connectivity index (χ4n) is 2.43. The zero-order chi connectivity index (χ0) is 17.3. The second-order valence-electron chi connectivity index (χ2n) is 5.45. The van der Waals surface area contributed by atoms with Crippen LogP contribution in [0.3, 0.4) is 0 Å². The highest BCUT2D eigenvalue weighted by atomic mass is 35.5. The number of fused-ring (bicyclic) bond motifs is 1. The van der Waals surface area contributed by atoms with Gasteiger partial charge in [0.05, 0.1) is 11.4 Å². The van der Waals surface area contributed by atoms with Gasteiger partial charge in [-0.15, -0.1) is 0 Å². The quantitative estimate of drug-likeness (QED) is 0.837. The largest absolute Gasteiger partial charge is 0.506 e. The molecule has 0 radical (unpaired) electrons. The summed E-state index contributed by atoms with van der Waals surface area (Å²) in [6, 6.07) is 9.76. The fourth-order valence-corrected chi connectivity index (χ4v) is 2.60. The van der Waals surface area contributed by atoms with E-state index in [-0.39, 0.29) is 24.8 Å². The van der Waals surface area contributed by atoms with E-state index < -0.39 is 5.91 Å². The highest BCUT2D eigenvalue weighted by Crippen LogP contribution is 2.34. The Labute approximate surface area is 143 Å². The van der Waals surface area contributed by atoms with Crippen molar-refractivity contribution in [3.05, 3.63) is 47.0 Å². The third-order valence-corrected chi connectivity index (χ3v) is 3.83. The number of ether oxygens (including phenoxy) is 1. The van der Waals surface area contributed by atoms with Crippen LogP contribution in [-0.4, -0.2) is 30.1 Å². The summed E-state index contributed by atoms with van der Waals surface area (Å²) in [7, 11) is 0. The molecule has 7 heteroatoms. The van der Waals surface area contributed by atoms with Gasteiger partial charge in [-0.05, 0) is 42.8 Å². The van der Waals surface area contributed by atoms with Crippen LogP contribution in [-0.2, 0) is 9.59 Å². The second-order valence-corrected chi connectivity index (χ2v) is 5.89. The summed E-state index contributed by atoms with van der Waals surface area (Å²) in [4.78, 5) is 25.7. The summed E-state index contributed by atoms with van der Waals surface area (Å²) in [6.45, 7) is 1.50. The first-order valence-corrected chi connectivity index (χ1v) is 7.64. The molecule has 2 N–H and O–H groups in total. The predicted octanol–water partition coefficient (Wildman–Crippen LogP) is 2.72. The van der Waals surface area contributed by atoms with Gasteiger partial charge in [0, 0.05) is 5.02 Å². The van der Waals surface area contributed by atoms with E-state index in [1.807, 2.05) is 6.92 Å². The molecule has 0 saturated carbocycles. The van der Waals surface area contributed by atoms with E-state index in [1.165, 1.54) is 11.0 Å². The van der Waals surface area contributed by atoms with E-state index in [1.54, 1.807) is 30.3 Å². The lowest BCUT2D eigenvalue weighted by atomic mass is 10.2. The topological polar surface area (TPSA) is 78.9 Å². The summed E-state index contributed by atoms with van der Waals surface area (Å²) >= 11 is 5.97. The Morgan fingerprint density at radius 3 is 2.92 bits per heavy atom. The average Bonchev–Trinajstić information content (AvgIpc) is 2.54. The van der Waals surface area contributed by atoms with E-state index >= 15 is 0 Å². The number of carbonyl (C=O) groups is 2. The van der Waals surface area contributed by atoms with Crippen molar-refractivity contribution in [2.75, 3.05) is 23.4 Å². The average molecular weight is 347 g/mol. The molecule has 3 rings (SSSR count). The number of nitrogens with one attached hydrogen (secondary N) is 1. The van der Waals surface area contributed by atoms with Gasteiger partial charge >= 0.3 is 0 Å². The molecule has 1 aliphatic rings. The number of phenols is 1. The fraction of sp³-hybridized carbons (Fsp3) is 0.176. The molecule has 2 aromatic carbocycles. The molecule has 1 aliphatic heterocycles. The van der Waals surface area contributed by atoms with Gasteiger partial charge in [0.25, 0.3) is 5.91 Å². The van der Waals surface area contributed by atoms with Gasteiger partial charge in [-0.2, -0.15) is 0 Å². The molecule has 6 nitrogen and oxygen atoms in total. The maximum absolute atomic E-state index is 12.3. The Bertz CT molecular complexity index is 822. The lowest BCUT2D eigenvalue weighted by Gasteiger charge is -2.29. The SMILES string of the molecule is Cc1ccc(O)c(NC(=O)CN2C(=O)COc3ccc(Cl)cc32)c1. The maximum atomic E-state index is 12.3. The zero-order valence-corrected chi connectivity index (χ0v) is 13.6. The number of anilines is 2. The molecule has 0 aliphatic carbocycles. The lowest BCUT2D eigenvalue weighted by molar-refractivity contribution is -0.123. The van der Waals surface area contributed by atoms with Crippen LogP contribution >= 0.6 is 11.6 Å². The number of hydrogen-bond donors (Lipinski definition) is 2. The lowest BCUT2D eigenvalue weighted by Crippen LogP contribution is -2.43. The third-order valence-electron chi connectivity index (χ3n) is 3.59. The first-order valence-electron chi connectivity index (χ1n) is 7.26. The van der Waals surface area contributed by atoms with E-state index in [2.05, 4.69) is 5.32 Å². The van der Waals surface area contributed by atoms with Crippen molar-refractivity contribution in [2.45, 2.75) is 6.92 Å². The smallest absolute Gasteiger partial charge is 0.265 e. The molecule has 0 saturated heterocycles. The molecule has 2 aromatic rings. The molecule has 24 heavy (non-hydrogen) atoms. The van der Waals surface area contributed by atoms with Crippen LogP contribution in [0.5, 0.6) is 11.5 Å². The van der Waals surface area contributed by atoms with E-state index in [0.29, 0.717) is 22.1 Å². The second kappa shape index (κ2) is 6.41. The van der Waals surface area contributed by atoms with Crippen LogP contribution < -0.4 is 15.0 Å². The normalized spacial score (nSPS) is 13.2. The number of amides is 2. The molecule has 0 aromatic heterocycles. The van der Waals surface area contributed by atoms with Crippen molar-refractivity contribution in [1.82, 2.24) is 0 Å². The monoisotopic (exact) mass is 346 g/mol. The Kier molecular flexibility index (Phi) is 4.31. The van der Waals surface area contributed by atoms with Crippen LogP contribution in [0.1, 0.15) is 5.56 Å².